The van der Waals surface area contributed by atoms with E-state index in [1.807, 2.05) is 6.07 Å². The average molecular weight is 373 g/mol. The predicted octanol–water partition coefficient (Wildman–Crippen LogP) is 2.56. The van der Waals surface area contributed by atoms with Crippen LogP contribution in [0.1, 0.15) is 36.5 Å². The quantitative estimate of drug-likeness (QED) is 0.464. The summed E-state index contributed by atoms with van der Waals surface area (Å²) in [7, 11) is 0. The van der Waals surface area contributed by atoms with Crippen LogP contribution in [0.4, 0.5) is 5.69 Å². The van der Waals surface area contributed by atoms with Crippen LogP contribution in [0, 0.1) is 35.3 Å². The zero-order valence-electron chi connectivity index (χ0n) is 15.3. The van der Waals surface area contributed by atoms with Gasteiger partial charge in [-0.25, -0.2) is 4.79 Å². The Labute approximate surface area is 155 Å². The lowest BCUT2D eigenvalue weighted by Crippen LogP contribution is -2.25. The van der Waals surface area contributed by atoms with Crippen LogP contribution < -0.4 is 5.73 Å². The molecule has 9 heteroatoms. The van der Waals surface area contributed by atoms with E-state index in [1.54, 1.807) is 13.8 Å². The third kappa shape index (κ3) is 3.29. The molecule has 1 heterocycles. The minimum absolute atomic E-state index is 0.00926. The molecule has 9 nitrogen and oxygen atoms in total. The summed E-state index contributed by atoms with van der Waals surface area (Å²) >= 11 is 0. The number of nitro benzene ring substituents is 1. The maximum Gasteiger partial charge on any atom is 0.338 e. The number of aromatic hydroxyl groups is 1. The van der Waals surface area contributed by atoms with E-state index in [2.05, 4.69) is 0 Å². The van der Waals surface area contributed by atoms with Gasteiger partial charge in [-0.15, -0.1) is 0 Å². The van der Waals surface area contributed by atoms with Crippen molar-refractivity contribution in [1.82, 2.24) is 0 Å². The Hall–Kier alpha value is -3.54. The van der Waals surface area contributed by atoms with Gasteiger partial charge in [0.15, 0.2) is 5.75 Å². The summed E-state index contributed by atoms with van der Waals surface area (Å²) in [6.45, 7) is 6.28. The molecule has 1 aliphatic heterocycles. The predicted molar refractivity (Wildman–Crippen MR) is 94.2 cm³/mol. The molecular formula is C18H19N3O6. The molecule has 0 radical (unpaired) electrons. The van der Waals surface area contributed by atoms with Gasteiger partial charge in [0, 0.05) is 11.1 Å². The molecule has 2 rings (SSSR count). The first-order valence-electron chi connectivity index (χ1n) is 8.08. The Morgan fingerprint density at radius 3 is 2.63 bits per heavy atom. The molecule has 1 aliphatic rings. The highest BCUT2D eigenvalue weighted by Crippen LogP contribution is 2.47. The number of esters is 1. The number of nitrogens with zero attached hydrogens (tertiary/aromatic N) is 2. The van der Waals surface area contributed by atoms with Crippen LogP contribution in [-0.2, 0) is 14.3 Å². The van der Waals surface area contributed by atoms with Crippen molar-refractivity contribution < 1.29 is 24.3 Å². The summed E-state index contributed by atoms with van der Waals surface area (Å²) in [5, 5.41) is 31.6. The zero-order chi connectivity index (χ0) is 20.5. The maximum atomic E-state index is 12.5. The maximum absolute atomic E-state index is 12.5. The second-order valence-electron chi connectivity index (χ2n) is 5.98. The van der Waals surface area contributed by atoms with Crippen LogP contribution in [0.2, 0.25) is 0 Å². The molecule has 27 heavy (non-hydrogen) atoms. The van der Waals surface area contributed by atoms with Gasteiger partial charge in [-0.3, -0.25) is 10.1 Å². The number of carbonyl (C=O) groups excluding carboxylic acids is 1. The van der Waals surface area contributed by atoms with Crippen molar-refractivity contribution in [2.45, 2.75) is 33.6 Å². The Morgan fingerprint density at radius 2 is 2.11 bits per heavy atom. The van der Waals surface area contributed by atoms with E-state index in [4.69, 9.17) is 15.2 Å². The number of rotatable bonds is 4. The lowest BCUT2D eigenvalue weighted by atomic mass is 9.81. The van der Waals surface area contributed by atoms with Gasteiger partial charge in [0.25, 0.3) is 0 Å². The molecule has 0 bridgehead atoms. The van der Waals surface area contributed by atoms with Gasteiger partial charge in [-0.2, -0.15) is 5.26 Å². The van der Waals surface area contributed by atoms with Crippen LogP contribution >= 0.6 is 0 Å². The molecule has 0 aliphatic carbocycles. The lowest BCUT2D eigenvalue weighted by Gasteiger charge is -2.27. The zero-order valence-corrected chi connectivity index (χ0v) is 15.3. The SMILES string of the molecule is CCOC(=O)C1=C(C)OC(N)=C(C#N)C1c1cc(C)c(C)c([N+](=O)[O-])c1O. The summed E-state index contributed by atoms with van der Waals surface area (Å²) in [5.74, 6) is -2.70. The molecule has 0 spiro atoms. The number of carbonyl (C=O) groups is 1. The molecule has 0 amide bonds. The van der Waals surface area contributed by atoms with Gasteiger partial charge >= 0.3 is 11.7 Å². The van der Waals surface area contributed by atoms with Gasteiger partial charge in [0.2, 0.25) is 5.88 Å². The van der Waals surface area contributed by atoms with Crippen molar-refractivity contribution in [3.05, 3.63) is 55.7 Å². The Bertz CT molecular complexity index is 939. The Kier molecular flexibility index (Phi) is 5.40. The van der Waals surface area contributed by atoms with E-state index in [0.717, 1.165) is 0 Å². The first kappa shape index (κ1) is 19.8. The molecule has 1 aromatic carbocycles. The molecule has 0 saturated carbocycles. The molecule has 142 valence electrons. The third-order valence-electron chi connectivity index (χ3n) is 4.41. The van der Waals surface area contributed by atoms with Crippen molar-refractivity contribution in [3.8, 4) is 11.8 Å². The van der Waals surface area contributed by atoms with E-state index >= 15 is 0 Å². The fraction of sp³-hybridized carbons (Fsp3) is 0.333. The molecule has 1 unspecified atom stereocenters. The average Bonchev–Trinajstić information content (AvgIpc) is 2.57. The van der Waals surface area contributed by atoms with E-state index in [-0.39, 0.29) is 40.5 Å². The second-order valence-corrected chi connectivity index (χ2v) is 5.98. The van der Waals surface area contributed by atoms with Crippen molar-refractivity contribution in [3.63, 3.8) is 0 Å². The Balaban J connectivity index is 2.86. The minimum Gasteiger partial charge on any atom is -0.502 e. The lowest BCUT2D eigenvalue weighted by molar-refractivity contribution is -0.386. The van der Waals surface area contributed by atoms with Crippen molar-refractivity contribution in [1.29, 1.82) is 5.26 Å². The monoisotopic (exact) mass is 373 g/mol. The molecule has 1 aromatic rings. The third-order valence-corrected chi connectivity index (χ3v) is 4.41. The summed E-state index contributed by atoms with van der Waals surface area (Å²) in [5.41, 5.74) is 5.91. The molecule has 0 fully saturated rings. The highest BCUT2D eigenvalue weighted by Gasteiger charge is 2.39. The number of allylic oxidation sites excluding steroid dienone is 2. The molecular weight excluding hydrogens is 354 g/mol. The molecule has 1 atom stereocenters. The fourth-order valence-corrected chi connectivity index (χ4v) is 3.02. The van der Waals surface area contributed by atoms with Gasteiger partial charge in [0.05, 0.1) is 23.0 Å². The summed E-state index contributed by atoms with van der Waals surface area (Å²) in [6.07, 6.45) is 0. The fourth-order valence-electron chi connectivity index (χ4n) is 3.02. The van der Waals surface area contributed by atoms with Crippen LogP contribution in [0.15, 0.2) is 28.9 Å². The highest BCUT2D eigenvalue weighted by atomic mass is 16.6. The molecule has 3 N–H and O–H groups in total. The van der Waals surface area contributed by atoms with Crippen molar-refractivity contribution in [2.75, 3.05) is 6.61 Å². The number of nitriles is 1. The second kappa shape index (κ2) is 7.37. The molecule has 0 aromatic heterocycles. The summed E-state index contributed by atoms with van der Waals surface area (Å²) < 4.78 is 10.3. The summed E-state index contributed by atoms with van der Waals surface area (Å²) in [4.78, 5) is 23.2. The number of phenolic OH excluding ortho intramolecular Hbond substituents is 1. The standard InChI is InChI=1S/C18H19N3O6/c1-5-26-18(23)13-10(4)27-17(20)12(7-19)14(13)11-6-8(2)9(3)15(16(11)22)21(24)25/h6,14,22H,5,20H2,1-4H3. The summed E-state index contributed by atoms with van der Waals surface area (Å²) in [6, 6.07) is 3.36. The number of aryl methyl sites for hydroxylation is 1. The van der Waals surface area contributed by atoms with Crippen LogP contribution in [-0.4, -0.2) is 22.6 Å². The van der Waals surface area contributed by atoms with Gasteiger partial charge in [-0.05, 0) is 33.3 Å². The van der Waals surface area contributed by atoms with E-state index in [9.17, 15) is 25.3 Å². The smallest absolute Gasteiger partial charge is 0.338 e. The number of phenols is 1. The topological polar surface area (TPSA) is 149 Å². The number of ether oxygens (including phenoxy) is 2. The number of hydrogen-bond donors (Lipinski definition) is 2. The number of benzene rings is 1. The van der Waals surface area contributed by atoms with Gasteiger partial charge in [-0.1, -0.05) is 6.07 Å². The number of nitro groups is 1. The van der Waals surface area contributed by atoms with Crippen LogP contribution in [0.5, 0.6) is 5.75 Å². The number of hydrogen-bond acceptors (Lipinski definition) is 8. The Morgan fingerprint density at radius 1 is 1.48 bits per heavy atom. The van der Waals surface area contributed by atoms with E-state index in [0.29, 0.717) is 5.56 Å². The molecule has 0 saturated heterocycles. The van der Waals surface area contributed by atoms with E-state index in [1.165, 1.54) is 19.9 Å². The van der Waals surface area contributed by atoms with Crippen molar-refractivity contribution >= 4 is 11.7 Å². The normalized spacial score (nSPS) is 16.6. The van der Waals surface area contributed by atoms with Crippen LogP contribution in [0.25, 0.3) is 0 Å². The minimum atomic E-state index is -1.15. The number of nitrogens with two attached hydrogens (primary N) is 1. The first-order valence-corrected chi connectivity index (χ1v) is 8.08. The van der Waals surface area contributed by atoms with Crippen molar-refractivity contribution in [2.24, 2.45) is 5.73 Å². The first-order chi connectivity index (χ1) is 12.6. The largest absolute Gasteiger partial charge is 0.502 e. The highest BCUT2D eigenvalue weighted by molar-refractivity contribution is 5.93. The van der Waals surface area contributed by atoms with Gasteiger partial charge < -0.3 is 20.3 Å². The van der Waals surface area contributed by atoms with Crippen LogP contribution in [0.3, 0.4) is 0 Å². The van der Waals surface area contributed by atoms with Gasteiger partial charge in [0.1, 0.15) is 17.4 Å². The van der Waals surface area contributed by atoms with E-state index < -0.39 is 28.2 Å².